The van der Waals surface area contributed by atoms with Crippen molar-refractivity contribution in [3.63, 3.8) is 0 Å². The van der Waals surface area contributed by atoms with Gasteiger partial charge in [-0.1, -0.05) is 20.8 Å². The third kappa shape index (κ3) is 2.55. The van der Waals surface area contributed by atoms with Crippen molar-refractivity contribution >= 4 is 5.91 Å². The van der Waals surface area contributed by atoms with E-state index in [1.54, 1.807) is 0 Å². The van der Waals surface area contributed by atoms with Crippen LogP contribution in [0.25, 0.3) is 0 Å². The van der Waals surface area contributed by atoms with E-state index in [0.717, 1.165) is 13.0 Å². The van der Waals surface area contributed by atoms with Crippen LogP contribution in [0.15, 0.2) is 0 Å². The highest BCUT2D eigenvalue weighted by atomic mass is 16.5. The van der Waals surface area contributed by atoms with Gasteiger partial charge in [0, 0.05) is 18.1 Å². The van der Waals surface area contributed by atoms with Crippen LogP contribution < -0.4 is 11.1 Å². The van der Waals surface area contributed by atoms with Crippen LogP contribution in [0.3, 0.4) is 0 Å². The maximum absolute atomic E-state index is 11.7. The summed E-state index contributed by atoms with van der Waals surface area (Å²) >= 11 is 0. The second-order valence-corrected chi connectivity index (χ2v) is 5.08. The van der Waals surface area contributed by atoms with E-state index in [4.69, 9.17) is 10.5 Å². The third-order valence-electron chi connectivity index (χ3n) is 3.64. The molecule has 2 unspecified atom stereocenters. The number of hydrogen-bond acceptors (Lipinski definition) is 3. The lowest BCUT2D eigenvalue weighted by atomic mass is 9.64. The lowest BCUT2D eigenvalue weighted by Gasteiger charge is -2.51. The Balaban J connectivity index is 2.44. The fourth-order valence-electron chi connectivity index (χ4n) is 2.08. The highest BCUT2D eigenvalue weighted by molar-refractivity contribution is 5.81. The second-order valence-electron chi connectivity index (χ2n) is 5.08. The summed E-state index contributed by atoms with van der Waals surface area (Å²) in [6, 6.07) is -0.198. The van der Waals surface area contributed by atoms with Gasteiger partial charge in [0.1, 0.15) is 0 Å². The van der Waals surface area contributed by atoms with Gasteiger partial charge in [0.2, 0.25) is 5.91 Å². The van der Waals surface area contributed by atoms with Gasteiger partial charge in [0.25, 0.3) is 0 Å². The molecule has 4 nitrogen and oxygen atoms in total. The molecule has 16 heavy (non-hydrogen) atoms. The highest BCUT2D eigenvalue weighted by Gasteiger charge is 2.49. The highest BCUT2D eigenvalue weighted by Crippen LogP contribution is 2.42. The summed E-state index contributed by atoms with van der Waals surface area (Å²) in [5.74, 6) is -0.0458. The van der Waals surface area contributed by atoms with Gasteiger partial charge in [-0.2, -0.15) is 0 Å². The number of rotatable bonds is 5. The second kappa shape index (κ2) is 5.15. The Morgan fingerprint density at radius 2 is 2.19 bits per heavy atom. The first-order valence-electron chi connectivity index (χ1n) is 6.11. The van der Waals surface area contributed by atoms with Gasteiger partial charge in [-0.3, -0.25) is 4.79 Å². The molecule has 1 saturated carbocycles. The number of nitrogens with one attached hydrogen (secondary N) is 1. The van der Waals surface area contributed by atoms with Crippen molar-refractivity contribution in [3.8, 4) is 0 Å². The molecule has 0 aromatic carbocycles. The molecule has 3 N–H and O–H groups in total. The predicted molar refractivity (Wildman–Crippen MR) is 64.0 cm³/mol. The molecule has 0 bridgehead atoms. The lowest BCUT2D eigenvalue weighted by molar-refractivity contribution is -0.137. The van der Waals surface area contributed by atoms with E-state index >= 15 is 0 Å². The standard InChI is InChI=1S/C12H24N2O2/c1-5-8(13)11(15)14-9-7-10(16-6-2)12(9,3)4/h8-10H,5-7,13H2,1-4H3,(H,14,15)/t8-,9?,10?/m1/s1. The first kappa shape index (κ1) is 13.5. The molecule has 0 radical (unpaired) electrons. The molecular formula is C12H24N2O2. The SMILES string of the molecule is CCOC1CC(NC(=O)[C@H](N)CC)C1(C)C. The molecular weight excluding hydrogens is 204 g/mol. The van der Waals surface area contributed by atoms with Crippen molar-refractivity contribution in [2.24, 2.45) is 11.1 Å². The molecule has 4 heteroatoms. The lowest BCUT2D eigenvalue weighted by Crippen LogP contribution is -2.63. The zero-order chi connectivity index (χ0) is 12.3. The summed E-state index contributed by atoms with van der Waals surface area (Å²) in [7, 11) is 0. The Morgan fingerprint density at radius 3 is 2.62 bits per heavy atom. The summed E-state index contributed by atoms with van der Waals surface area (Å²) in [6.07, 6.45) is 1.82. The predicted octanol–water partition coefficient (Wildman–Crippen LogP) is 1.04. The van der Waals surface area contributed by atoms with E-state index in [1.807, 2.05) is 13.8 Å². The van der Waals surface area contributed by atoms with Gasteiger partial charge in [-0.05, 0) is 19.8 Å². The number of ether oxygens (including phenoxy) is 1. The van der Waals surface area contributed by atoms with Crippen LogP contribution in [0.1, 0.15) is 40.5 Å². The zero-order valence-electron chi connectivity index (χ0n) is 10.7. The monoisotopic (exact) mass is 228 g/mol. The van der Waals surface area contributed by atoms with Crippen LogP contribution in [0.4, 0.5) is 0 Å². The third-order valence-corrected chi connectivity index (χ3v) is 3.64. The van der Waals surface area contributed by atoms with Crippen LogP contribution in [0.5, 0.6) is 0 Å². The molecule has 0 aromatic rings. The fourth-order valence-corrected chi connectivity index (χ4v) is 2.08. The van der Waals surface area contributed by atoms with Gasteiger partial charge in [-0.25, -0.2) is 0 Å². The molecule has 1 rings (SSSR count). The van der Waals surface area contributed by atoms with Crippen LogP contribution >= 0.6 is 0 Å². The van der Waals surface area contributed by atoms with E-state index in [1.165, 1.54) is 0 Å². The maximum Gasteiger partial charge on any atom is 0.237 e. The van der Waals surface area contributed by atoms with Crippen molar-refractivity contribution in [1.29, 1.82) is 0 Å². The van der Waals surface area contributed by atoms with E-state index in [0.29, 0.717) is 6.42 Å². The van der Waals surface area contributed by atoms with Gasteiger partial charge in [-0.15, -0.1) is 0 Å². The maximum atomic E-state index is 11.7. The van der Waals surface area contributed by atoms with E-state index in [2.05, 4.69) is 19.2 Å². The van der Waals surface area contributed by atoms with E-state index in [-0.39, 0.29) is 29.5 Å². The number of carbonyl (C=O) groups excluding carboxylic acids is 1. The minimum atomic E-state index is -0.387. The average Bonchev–Trinajstić information content (AvgIpc) is 2.26. The molecule has 1 amide bonds. The quantitative estimate of drug-likeness (QED) is 0.739. The Labute approximate surface area is 97.9 Å². The van der Waals surface area contributed by atoms with Gasteiger partial charge >= 0.3 is 0 Å². The molecule has 0 saturated heterocycles. The van der Waals surface area contributed by atoms with Crippen molar-refractivity contribution in [2.45, 2.75) is 58.7 Å². The smallest absolute Gasteiger partial charge is 0.237 e. The van der Waals surface area contributed by atoms with Gasteiger partial charge < -0.3 is 15.8 Å². The first-order chi connectivity index (χ1) is 7.43. The van der Waals surface area contributed by atoms with Crippen molar-refractivity contribution < 1.29 is 9.53 Å². The molecule has 0 spiro atoms. The minimum Gasteiger partial charge on any atom is -0.378 e. The van der Waals surface area contributed by atoms with E-state index < -0.39 is 0 Å². The molecule has 1 fully saturated rings. The van der Waals surface area contributed by atoms with E-state index in [9.17, 15) is 4.79 Å². The molecule has 1 aliphatic carbocycles. The molecule has 0 heterocycles. The fraction of sp³-hybridized carbons (Fsp3) is 0.917. The number of nitrogens with two attached hydrogens (primary N) is 1. The molecule has 1 aliphatic rings. The van der Waals surface area contributed by atoms with Gasteiger partial charge in [0.05, 0.1) is 12.1 Å². The van der Waals surface area contributed by atoms with Crippen molar-refractivity contribution in [3.05, 3.63) is 0 Å². The number of carbonyl (C=O) groups is 1. The zero-order valence-corrected chi connectivity index (χ0v) is 10.7. The van der Waals surface area contributed by atoms with Crippen molar-refractivity contribution in [1.82, 2.24) is 5.32 Å². The Bertz CT molecular complexity index is 253. The Kier molecular flexibility index (Phi) is 4.33. The Hall–Kier alpha value is -0.610. The van der Waals surface area contributed by atoms with Crippen LogP contribution in [-0.2, 0) is 9.53 Å². The van der Waals surface area contributed by atoms with Crippen LogP contribution in [0, 0.1) is 5.41 Å². The summed E-state index contributed by atoms with van der Waals surface area (Å²) in [5, 5.41) is 3.00. The topological polar surface area (TPSA) is 64.3 Å². The van der Waals surface area contributed by atoms with Crippen molar-refractivity contribution in [2.75, 3.05) is 6.61 Å². The Morgan fingerprint density at radius 1 is 1.56 bits per heavy atom. The molecule has 3 atom stereocenters. The van der Waals surface area contributed by atoms with Crippen LogP contribution in [-0.4, -0.2) is 30.7 Å². The normalized spacial score (nSPS) is 29.3. The first-order valence-corrected chi connectivity index (χ1v) is 6.11. The average molecular weight is 228 g/mol. The molecule has 0 aromatic heterocycles. The number of hydrogen-bond donors (Lipinski definition) is 2. The van der Waals surface area contributed by atoms with Gasteiger partial charge in [0.15, 0.2) is 0 Å². The molecule has 94 valence electrons. The summed E-state index contributed by atoms with van der Waals surface area (Å²) in [5.41, 5.74) is 5.70. The summed E-state index contributed by atoms with van der Waals surface area (Å²) in [4.78, 5) is 11.7. The minimum absolute atomic E-state index is 0.0130. The van der Waals surface area contributed by atoms with Crippen LogP contribution in [0.2, 0.25) is 0 Å². The summed E-state index contributed by atoms with van der Waals surface area (Å²) < 4.78 is 5.61. The number of amides is 1. The molecule has 0 aliphatic heterocycles. The summed E-state index contributed by atoms with van der Waals surface area (Å²) in [6.45, 7) is 8.88. The largest absolute Gasteiger partial charge is 0.378 e.